The quantitative estimate of drug-likeness (QED) is 0.379. The van der Waals surface area contributed by atoms with Gasteiger partial charge < -0.3 is 15.2 Å². The Labute approximate surface area is 209 Å². The number of rotatable bonds is 8. The van der Waals surface area contributed by atoms with Crippen LogP contribution >= 0.6 is 0 Å². The van der Waals surface area contributed by atoms with Crippen molar-refractivity contribution in [3.63, 3.8) is 0 Å². The van der Waals surface area contributed by atoms with Gasteiger partial charge in [-0.05, 0) is 87.4 Å². The summed E-state index contributed by atoms with van der Waals surface area (Å²) >= 11 is 0. The number of aliphatic carboxylic acids is 1. The predicted molar refractivity (Wildman–Crippen MR) is 132 cm³/mol. The van der Waals surface area contributed by atoms with Gasteiger partial charge in [0.15, 0.2) is 0 Å². The molecule has 0 bridgehead atoms. The van der Waals surface area contributed by atoms with Crippen molar-refractivity contribution >= 4 is 17.6 Å². The molecular formula is C27H30F2N4O3. The lowest BCUT2D eigenvalue weighted by Crippen LogP contribution is -2.38. The fourth-order valence-corrected chi connectivity index (χ4v) is 4.87. The van der Waals surface area contributed by atoms with Crippen molar-refractivity contribution in [1.82, 2.24) is 15.0 Å². The van der Waals surface area contributed by atoms with E-state index < -0.39 is 18.0 Å². The van der Waals surface area contributed by atoms with Gasteiger partial charge in [0.1, 0.15) is 17.2 Å². The first-order valence-corrected chi connectivity index (χ1v) is 11.9. The summed E-state index contributed by atoms with van der Waals surface area (Å²) in [5.41, 5.74) is 2.46. The Morgan fingerprint density at radius 3 is 2.47 bits per heavy atom. The number of nitrogens with zero attached hydrogens (tertiary/aromatic N) is 3. The van der Waals surface area contributed by atoms with Crippen LogP contribution in [0.1, 0.15) is 55.9 Å². The monoisotopic (exact) mass is 496 g/mol. The molecule has 2 N–H and O–H groups in total. The van der Waals surface area contributed by atoms with Crippen LogP contribution in [0.4, 0.5) is 20.4 Å². The van der Waals surface area contributed by atoms with E-state index in [4.69, 9.17) is 9.72 Å². The van der Waals surface area contributed by atoms with Crippen molar-refractivity contribution in [3.8, 4) is 11.3 Å². The topological polar surface area (TPSA) is 97.2 Å². The molecule has 190 valence electrons. The van der Waals surface area contributed by atoms with Gasteiger partial charge >= 0.3 is 5.97 Å². The van der Waals surface area contributed by atoms with E-state index >= 15 is 0 Å². The molecule has 3 heterocycles. The fraction of sp³-hybridized carbons (Fsp3) is 0.407. The van der Waals surface area contributed by atoms with E-state index in [1.54, 1.807) is 13.3 Å². The molecule has 0 amide bonds. The van der Waals surface area contributed by atoms with Gasteiger partial charge in [0.2, 0.25) is 0 Å². The average molecular weight is 497 g/mol. The standard InChI is InChI=1S/C27H30F2N4O3/c1-16-12-21(32-24(13-16)33-23-14-18(25(28)29)10-11-30-23)19-6-9-22(31-15-19)27(2,36-3)20-7-4-17(5-8-20)26(34)35/h6,9-15,17,20,25H,4-5,7-8H2,1-3H3,(H,34,35)(H,30,32,33). The van der Waals surface area contributed by atoms with E-state index in [9.17, 15) is 18.7 Å². The van der Waals surface area contributed by atoms with Crippen LogP contribution in [0, 0.1) is 18.8 Å². The molecule has 1 unspecified atom stereocenters. The number of hydrogen-bond acceptors (Lipinski definition) is 6. The van der Waals surface area contributed by atoms with Crippen molar-refractivity contribution < 1.29 is 23.4 Å². The molecular weight excluding hydrogens is 466 g/mol. The third-order valence-corrected chi connectivity index (χ3v) is 7.11. The highest BCUT2D eigenvalue weighted by Crippen LogP contribution is 2.42. The van der Waals surface area contributed by atoms with Gasteiger partial charge in [-0.2, -0.15) is 0 Å². The second kappa shape index (κ2) is 10.7. The highest BCUT2D eigenvalue weighted by Gasteiger charge is 2.40. The Kier molecular flexibility index (Phi) is 7.59. The Bertz CT molecular complexity index is 1210. The van der Waals surface area contributed by atoms with E-state index in [-0.39, 0.29) is 17.4 Å². The van der Waals surface area contributed by atoms with Crippen LogP contribution in [0.5, 0.6) is 0 Å². The number of nitrogens with one attached hydrogen (secondary N) is 1. The summed E-state index contributed by atoms with van der Waals surface area (Å²) in [6.07, 6.45) is 3.30. The lowest BCUT2D eigenvalue weighted by atomic mass is 9.72. The smallest absolute Gasteiger partial charge is 0.306 e. The third kappa shape index (κ3) is 5.51. The van der Waals surface area contributed by atoms with Gasteiger partial charge in [-0.25, -0.2) is 18.7 Å². The van der Waals surface area contributed by atoms with Crippen LogP contribution < -0.4 is 5.32 Å². The number of alkyl halides is 2. The molecule has 0 aromatic carbocycles. The van der Waals surface area contributed by atoms with Crippen LogP contribution in [0.3, 0.4) is 0 Å². The summed E-state index contributed by atoms with van der Waals surface area (Å²) in [7, 11) is 1.66. The molecule has 7 nitrogen and oxygen atoms in total. The van der Waals surface area contributed by atoms with E-state index in [2.05, 4.69) is 15.3 Å². The SMILES string of the molecule is COC(C)(c1ccc(-c2cc(C)cc(Nc3cc(C(F)F)ccn3)n2)cn1)C1CCC(C(=O)O)CC1. The zero-order chi connectivity index (χ0) is 25.9. The van der Waals surface area contributed by atoms with Crippen molar-refractivity contribution in [3.05, 3.63) is 65.6 Å². The van der Waals surface area contributed by atoms with Gasteiger partial charge in [-0.3, -0.25) is 9.78 Å². The molecule has 3 aromatic heterocycles. The molecule has 9 heteroatoms. The number of hydrogen-bond donors (Lipinski definition) is 2. The second-order valence-corrected chi connectivity index (χ2v) is 9.45. The molecule has 0 saturated heterocycles. The minimum absolute atomic E-state index is 0.113. The molecule has 1 atom stereocenters. The lowest BCUT2D eigenvalue weighted by Gasteiger charge is -2.39. The zero-order valence-electron chi connectivity index (χ0n) is 20.5. The number of pyridine rings is 3. The molecule has 1 aliphatic rings. The van der Waals surface area contributed by atoms with E-state index in [0.717, 1.165) is 29.7 Å². The summed E-state index contributed by atoms with van der Waals surface area (Å²) in [5, 5.41) is 12.3. The largest absolute Gasteiger partial charge is 0.481 e. The van der Waals surface area contributed by atoms with Crippen molar-refractivity contribution in [2.75, 3.05) is 12.4 Å². The summed E-state index contributed by atoms with van der Waals surface area (Å²) in [5.74, 6) is -0.0717. The maximum Gasteiger partial charge on any atom is 0.306 e. The molecule has 1 saturated carbocycles. The molecule has 4 rings (SSSR count). The Morgan fingerprint density at radius 2 is 1.86 bits per heavy atom. The van der Waals surface area contributed by atoms with Crippen LogP contribution in [0.2, 0.25) is 0 Å². The second-order valence-electron chi connectivity index (χ2n) is 9.45. The van der Waals surface area contributed by atoms with Gasteiger partial charge in [-0.15, -0.1) is 0 Å². The normalized spacial score (nSPS) is 19.6. The predicted octanol–water partition coefficient (Wildman–Crippen LogP) is 6.28. The minimum Gasteiger partial charge on any atom is -0.481 e. The number of carboxylic acid groups (broad SMARTS) is 1. The number of ether oxygens (including phenoxy) is 1. The number of carbonyl (C=O) groups is 1. The van der Waals surface area contributed by atoms with Crippen LogP contribution in [0.15, 0.2) is 48.8 Å². The van der Waals surface area contributed by atoms with Gasteiger partial charge in [0.05, 0.1) is 17.3 Å². The highest BCUT2D eigenvalue weighted by molar-refractivity contribution is 5.70. The minimum atomic E-state index is -2.58. The van der Waals surface area contributed by atoms with Crippen molar-refractivity contribution in [2.24, 2.45) is 11.8 Å². The van der Waals surface area contributed by atoms with Crippen LogP contribution in [-0.2, 0) is 15.1 Å². The maximum absolute atomic E-state index is 13.0. The first kappa shape index (κ1) is 25.6. The van der Waals surface area contributed by atoms with E-state index in [1.807, 2.05) is 38.1 Å². The zero-order valence-corrected chi connectivity index (χ0v) is 20.5. The first-order chi connectivity index (χ1) is 17.2. The fourth-order valence-electron chi connectivity index (χ4n) is 4.87. The first-order valence-electron chi connectivity index (χ1n) is 11.9. The summed E-state index contributed by atoms with van der Waals surface area (Å²) in [6, 6.07) is 10.2. The maximum atomic E-state index is 13.0. The third-order valence-electron chi connectivity index (χ3n) is 7.11. The Morgan fingerprint density at radius 1 is 1.11 bits per heavy atom. The van der Waals surface area contributed by atoms with Gasteiger partial charge in [0.25, 0.3) is 6.43 Å². The summed E-state index contributed by atoms with van der Waals surface area (Å²) < 4.78 is 32.0. The van der Waals surface area contributed by atoms with E-state index in [0.29, 0.717) is 30.2 Å². The number of aryl methyl sites for hydroxylation is 1. The molecule has 0 aliphatic heterocycles. The Hall–Kier alpha value is -3.46. The van der Waals surface area contributed by atoms with E-state index in [1.165, 1.54) is 18.3 Å². The average Bonchev–Trinajstić information content (AvgIpc) is 2.88. The summed E-state index contributed by atoms with van der Waals surface area (Å²) in [4.78, 5) is 24.8. The van der Waals surface area contributed by atoms with Crippen LogP contribution in [-0.4, -0.2) is 33.1 Å². The Balaban J connectivity index is 1.54. The number of carboxylic acids is 1. The number of anilines is 2. The summed E-state index contributed by atoms with van der Waals surface area (Å²) in [6.45, 7) is 3.94. The molecule has 3 aromatic rings. The molecule has 0 spiro atoms. The van der Waals surface area contributed by atoms with Gasteiger partial charge in [-0.1, -0.05) is 0 Å². The number of aromatic nitrogens is 3. The molecule has 1 fully saturated rings. The molecule has 36 heavy (non-hydrogen) atoms. The van der Waals surface area contributed by atoms with Crippen molar-refractivity contribution in [2.45, 2.75) is 51.6 Å². The molecule has 1 aliphatic carbocycles. The van der Waals surface area contributed by atoms with Crippen LogP contribution in [0.25, 0.3) is 11.3 Å². The number of methoxy groups -OCH3 is 1. The lowest BCUT2D eigenvalue weighted by molar-refractivity contribution is -0.144. The van der Waals surface area contributed by atoms with Gasteiger partial charge in [0, 0.05) is 30.6 Å². The highest BCUT2D eigenvalue weighted by atomic mass is 19.3. The van der Waals surface area contributed by atoms with Crippen molar-refractivity contribution in [1.29, 1.82) is 0 Å². The number of halogens is 2. The molecule has 0 radical (unpaired) electrons.